The van der Waals surface area contributed by atoms with E-state index in [1.165, 1.54) is 5.56 Å². The van der Waals surface area contributed by atoms with Gasteiger partial charge in [0.1, 0.15) is 0 Å². The van der Waals surface area contributed by atoms with Gasteiger partial charge < -0.3 is 25.3 Å². The quantitative estimate of drug-likeness (QED) is 0.747. The van der Waals surface area contributed by atoms with Crippen LogP contribution in [0.5, 0.6) is 0 Å². The van der Waals surface area contributed by atoms with Crippen molar-refractivity contribution < 1.29 is 15.0 Å². The van der Waals surface area contributed by atoms with E-state index in [1.807, 2.05) is 6.07 Å². The van der Waals surface area contributed by atoms with Crippen LogP contribution in [0.15, 0.2) is 30.3 Å². The van der Waals surface area contributed by atoms with Crippen molar-refractivity contribution in [1.29, 1.82) is 0 Å². The van der Waals surface area contributed by atoms with Crippen LogP contribution in [0.2, 0.25) is 0 Å². The zero-order valence-corrected chi connectivity index (χ0v) is 16.4. The number of carbonyl (C=O) groups is 1. The molecule has 0 aliphatic carbocycles. The van der Waals surface area contributed by atoms with Crippen LogP contribution in [-0.2, 0) is 5.41 Å². The molecule has 0 bridgehead atoms. The summed E-state index contributed by atoms with van der Waals surface area (Å²) >= 11 is 0. The van der Waals surface area contributed by atoms with Crippen molar-refractivity contribution >= 4 is 6.03 Å². The second-order valence-corrected chi connectivity index (χ2v) is 8.33. The topological polar surface area (TPSA) is 76.0 Å². The number of nitrogens with one attached hydrogen (secondary N) is 1. The fourth-order valence-electron chi connectivity index (χ4n) is 4.30. The molecule has 2 aliphatic heterocycles. The van der Waals surface area contributed by atoms with Gasteiger partial charge in [-0.25, -0.2) is 4.79 Å². The molecule has 2 heterocycles. The second kappa shape index (κ2) is 8.59. The van der Waals surface area contributed by atoms with Crippen molar-refractivity contribution in [2.24, 2.45) is 0 Å². The molecule has 1 aromatic carbocycles. The Morgan fingerprint density at radius 3 is 2.44 bits per heavy atom. The summed E-state index contributed by atoms with van der Waals surface area (Å²) in [5.41, 5.74) is 0.221. The first-order valence-corrected chi connectivity index (χ1v) is 10.1. The van der Waals surface area contributed by atoms with Gasteiger partial charge in [-0.15, -0.1) is 0 Å². The molecule has 0 saturated carbocycles. The fourth-order valence-corrected chi connectivity index (χ4v) is 4.30. The van der Waals surface area contributed by atoms with Gasteiger partial charge in [0.2, 0.25) is 0 Å². The summed E-state index contributed by atoms with van der Waals surface area (Å²) in [7, 11) is 2.15. The van der Waals surface area contributed by atoms with E-state index in [-0.39, 0.29) is 18.1 Å². The van der Waals surface area contributed by atoms with Crippen molar-refractivity contribution in [1.82, 2.24) is 15.1 Å². The first-order valence-electron chi connectivity index (χ1n) is 10.1. The lowest BCUT2D eigenvalue weighted by Gasteiger charge is -2.41. The summed E-state index contributed by atoms with van der Waals surface area (Å²) in [6.45, 7) is 3.53. The maximum Gasteiger partial charge on any atom is 0.317 e. The average molecular weight is 376 g/mol. The highest BCUT2D eigenvalue weighted by Gasteiger charge is 2.36. The maximum absolute atomic E-state index is 12.8. The minimum Gasteiger partial charge on any atom is -0.393 e. The first kappa shape index (κ1) is 20.1. The zero-order valence-electron chi connectivity index (χ0n) is 16.4. The van der Waals surface area contributed by atoms with Crippen molar-refractivity contribution in [2.75, 3.05) is 46.4 Å². The molecule has 6 heteroatoms. The Kier molecular flexibility index (Phi) is 6.40. The number of amides is 2. The molecule has 2 fully saturated rings. The largest absolute Gasteiger partial charge is 0.393 e. The van der Waals surface area contributed by atoms with Crippen LogP contribution in [0.4, 0.5) is 4.79 Å². The minimum atomic E-state index is -1.05. The number of nitrogens with zero attached hydrogens (tertiary/aromatic N) is 2. The van der Waals surface area contributed by atoms with Crippen molar-refractivity contribution in [3.05, 3.63) is 35.9 Å². The number of hydrogen-bond acceptors (Lipinski definition) is 4. The molecule has 3 N–H and O–H groups in total. The molecule has 0 unspecified atom stereocenters. The fraction of sp³-hybridized carbons (Fsp3) is 0.667. The number of hydrogen-bond donors (Lipinski definition) is 3. The van der Waals surface area contributed by atoms with E-state index in [1.54, 1.807) is 4.90 Å². The molecule has 0 aromatic heterocycles. The minimum absolute atomic E-state index is 0.0267. The number of carbonyl (C=O) groups excluding carboxylic acids is 1. The molecule has 0 radical (unpaired) electrons. The molecular weight excluding hydrogens is 342 g/mol. The van der Waals surface area contributed by atoms with Crippen LogP contribution in [0.3, 0.4) is 0 Å². The maximum atomic E-state index is 12.8. The van der Waals surface area contributed by atoms with Gasteiger partial charge in [0.25, 0.3) is 0 Å². The average Bonchev–Trinajstić information content (AvgIpc) is 2.91. The number of benzene rings is 1. The highest BCUT2D eigenvalue weighted by Crippen LogP contribution is 2.34. The lowest BCUT2D eigenvalue weighted by Crippen LogP contribution is -2.51. The summed E-state index contributed by atoms with van der Waals surface area (Å²) in [5.74, 6) is 0. The molecule has 2 amide bonds. The third kappa shape index (κ3) is 4.81. The van der Waals surface area contributed by atoms with Gasteiger partial charge in [-0.1, -0.05) is 30.3 Å². The smallest absolute Gasteiger partial charge is 0.317 e. The van der Waals surface area contributed by atoms with Gasteiger partial charge in [-0.2, -0.15) is 0 Å². The Morgan fingerprint density at radius 1 is 1.07 bits per heavy atom. The van der Waals surface area contributed by atoms with Crippen molar-refractivity contribution in [2.45, 2.75) is 43.1 Å². The standard InChI is InChI=1S/C21H33N3O3/c1-23-13-9-20(10-14-23,18-6-3-2-4-7-18)16-22-19(26)24-12-5-8-21(27,17-25)11-15-24/h2-4,6-7,25,27H,5,8-17H2,1H3,(H,22,26)/t21-/m0/s1. The van der Waals surface area contributed by atoms with Gasteiger partial charge >= 0.3 is 6.03 Å². The summed E-state index contributed by atoms with van der Waals surface area (Å²) < 4.78 is 0. The number of urea groups is 1. The van der Waals surface area contributed by atoms with Crippen LogP contribution >= 0.6 is 0 Å². The molecule has 2 saturated heterocycles. The molecule has 0 spiro atoms. The monoisotopic (exact) mass is 375 g/mol. The predicted molar refractivity (Wildman–Crippen MR) is 106 cm³/mol. The molecule has 3 rings (SSSR count). The van der Waals surface area contributed by atoms with Crippen LogP contribution in [0, 0.1) is 0 Å². The summed E-state index contributed by atoms with van der Waals surface area (Å²) in [6.07, 6.45) is 3.72. The van der Waals surface area contributed by atoms with E-state index in [2.05, 4.69) is 41.5 Å². The lowest BCUT2D eigenvalue weighted by atomic mass is 9.72. The van der Waals surface area contributed by atoms with Gasteiger partial charge in [0, 0.05) is 25.0 Å². The van der Waals surface area contributed by atoms with Crippen LogP contribution in [-0.4, -0.2) is 78.0 Å². The highest BCUT2D eigenvalue weighted by atomic mass is 16.3. The summed E-state index contributed by atoms with van der Waals surface area (Å²) in [4.78, 5) is 16.9. The Hall–Kier alpha value is -1.63. The Morgan fingerprint density at radius 2 is 1.78 bits per heavy atom. The number of piperidine rings is 1. The predicted octanol–water partition coefficient (Wildman–Crippen LogP) is 1.57. The molecule has 2 aliphatic rings. The summed E-state index contributed by atoms with van der Waals surface area (Å²) in [6, 6.07) is 10.5. The number of likely N-dealkylation sites (tertiary alicyclic amines) is 2. The molecule has 1 atom stereocenters. The second-order valence-electron chi connectivity index (χ2n) is 8.33. The van der Waals surface area contributed by atoms with E-state index in [9.17, 15) is 15.0 Å². The number of aliphatic hydroxyl groups excluding tert-OH is 1. The molecule has 1 aromatic rings. The first-order chi connectivity index (χ1) is 13.0. The Bertz CT molecular complexity index is 616. The van der Waals surface area contributed by atoms with Gasteiger partial charge in [-0.05, 0) is 57.8 Å². The normalized spacial score (nSPS) is 26.4. The van der Waals surface area contributed by atoms with Crippen LogP contribution < -0.4 is 5.32 Å². The van der Waals surface area contributed by atoms with E-state index in [0.717, 1.165) is 25.9 Å². The van der Waals surface area contributed by atoms with E-state index >= 15 is 0 Å². The van der Waals surface area contributed by atoms with Crippen LogP contribution in [0.1, 0.15) is 37.7 Å². The van der Waals surface area contributed by atoms with Gasteiger partial charge in [-0.3, -0.25) is 0 Å². The number of rotatable bonds is 4. The van der Waals surface area contributed by atoms with E-state index in [4.69, 9.17) is 0 Å². The third-order valence-electron chi connectivity index (χ3n) is 6.41. The van der Waals surface area contributed by atoms with Crippen LogP contribution in [0.25, 0.3) is 0 Å². The highest BCUT2D eigenvalue weighted by molar-refractivity contribution is 5.74. The van der Waals surface area contributed by atoms with Gasteiger partial charge in [0.15, 0.2) is 0 Å². The SMILES string of the molecule is CN1CCC(CNC(=O)N2CCC[C@@](O)(CO)CC2)(c2ccccc2)CC1. The zero-order chi connectivity index (χ0) is 19.3. The molecule has 27 heavy (non-hydrogen) atoms. The van der Waals surface area contributed by atoms with E-state index < -0.39 is 5.60 Å². The van der Waals surface area contributed by atoms with E-state index in [0.29, 0.717) is 38.9 Å². The lowest BCUT2D eigenvalue weighted by molar-refractivity contribution is -0.0248. The molecule has 6 nitrogen and oxygen atoms in total. The molecular formula is C21H33N3O3. The van der Waals surface area contributed by atoms with Crippen molar-refractivity contribution in [3.63, 3.8) is 0 Å². The summed E-state index contributed by atoms with van der Waals surface area (Å²) in [5, 5.41) is 22.9. The Balaban J connectivity index is 1.64. The number of aliphatic hydroxyl groups is 2. The molecule has 150 valence electrons. The van der Waals surface area contributed by atoms with Gasteiger partial charge in [0.05, 0.1) is 12.2 Å². The van der Waals surface area contributed by atoms with Crippen molar-refractivity contribution in [3.8, 4) is 0 Å². The Labute approximate surface area is 162 Å². The third-order valence-corrected chi connectivity index (χ3v) is 6.41.